The van der Waals surface area contributed by atoms with Crippen molar-refractivity contribution < 1.29 is 14.0 Å². The van der Waals surface area contributed by atoms with E-state index in [1.807, 2.05) is 25.1 Å². The Hall–Kier alpha value is -2.93. The minimum absolute atomic E-state index is 0.162. The van der Waals surface area contributed by atoms with Crippen LogP contribution in [0.2, 0.25) is 0 Å². The molecule has 0 radical (unpaired) electrons. The fourth-order valence-corrected chi connectivity index (χ4v) is 2.92. The molecular weight excluding hydrogens is 359 g/mol. The molecule has 1 saturated carbocycles. The van der Waals surface area contributed by atoms with Crippen LogP contribution in [-0.4, -0.2) is 43.5 Å². The average Bonchev–Trinajstić information content (AvgIpc) is 3.45. The first-order valence-corrected chi connectivity index (χ1v) is 9.30. The predicted molar refractivity (Wildman–Crippen MR) is 107 cm³/mol. The lowest BCUT2D eigenvalue weighted by atomic mass is 10.1. The zero-order valence-electron chi connectivity index (χ0n) is 16.0. The second-order valence-corrected chi connectivity index (χ2v) is 7.20. The van der Waals surface area contributed by atoms with Crippen LogP contribution in [0.3, 0.4) is 0 Å². The lowest BCUT2D eigenvalue weighted by molar-refractivity contribution is 0.0942. The van der Waals surface area contributed by atoms with Gasteiger partial charge in [-0.25, -0.2) is 9.18 Å². The number of likely N-dealkylation sites (N-methyl/N-ethyl adjacent to an activating group) is 1. The molecule has 1 aliphatic carbocycles. The number of nitrogens with one attached hydrogen (secondary N) is 3. The Bertz CT molecular complexity index is 852. The van der Waals surface area contributed by atoms with E-state index in [0.29, 0.717) is 17.8 Å². The number of rotatable bonds is 7. The van der Waals surface area contributed by atoms with Crippen molar-refractivity contribution in [1.82, 2.24) is 15.5 Å². The molecule has 1 fully saturated rings. The van der Waals surface area contributed by atoms with E-state index in [4.69, 9.17) is 0 Å². The highest BCUT2D eigenvalue weighted by Gasteiger charge is 2.23. The summed E-state index contributed by atoms with van der Waals surface area (Å²) in [6.45, 7) is 0.328. The third-order valence-electron chi connectivity index (χ3n) is 4.61. The van der Waals surface area contributed by atoms with Gasteiger partial charge in [0.1, 0.15) is 5.82 Å². The predicted octanol–water partition coefficient (Wildman–Crippen LogP) is 3.14. The van der Waals surface area contributed by atoms with Gasteiger partial charge in [-0.3, -0.25) is 4.79 Å². The van der Waals surface area contributed by atoms with Crippen LogP contribution in [0.4, 0.5) is 14.9 Å². The van der Waals surface area contributed by atoms with Gasteiger partial charge >= 0.3 is 6.03 Å². The number of urea groups is 1. The summed E-state index contributed by atoms with van der Waals surface area (Å²) in [4.78, 5) is 26.3. The second kappa shape index (κ2) is 8.84. The molecule has 1 unspecified atom stereocenters. The SMILES string of the molecule is CN(C)C(CNC(=O)c1cccc(NC(=O)NC2CC2)c1)c1cccc(F)c1. The first kappa shape index (κ1) is 19.8. The van der Waals surface area contributed by atoms with Crippen molar-refractivity contribution in [3.8, 4) is 0 Å². The van der Waals surface area contributed by atoms with Crippen molar-refractivity contribution in [3.05, 3.63) is 65.5 Å². The zero-order chi connectivity index (χ0) is 20.1. The van der Waals surface area contributed by atoms with Crippen molar-refractivity contribution in [2.45, 2.75) is 24.9 Å². The Morgan fingerprint density at radius 2 is 1.89 bits per heavy atom. The van der Waals surface area contributed by atoms with Gasteiger partial charge in [0.15, 0.2) is 0 Å². The number of anilines is 1. The van der Waals surface area contributed by atoms with Crippen LogP contribution in [-0.2, 0) is 0 Å². The van der Waals surface area contributed by atoms with E-state index in [9.17, 15) is 14.0 Å². The van der Waals surface area contributed by atoms with Gasteiger partial charge in [-0.1, -0.05) is 18.2 Å². The molecule has 0 spiro atoms. The summed E-state index contributed by atoms with van der Waals surface area (Å²) in [6, 6.07) is 13.0. The van der Waals surface area contributed by atoms with Crippen molar-refractivity contribution in [1.29, 1.82) is 0 Å². The maximum Gasteiger partial charge on any atom is 0.319 e. The summed E-state index contributed by atoms with van der Waals surface area (Å²) in [7, 11) is 3.76. The lowest BCUT2D eigenvalue weighted by Crippen LogP contribution is -2.34. The summed E-state index contributed by atoms with van der Waals surface area (Å²) in [5.74, 6) is -0.562. The molecule has 28 heavy (non-hydrogen) atoms. The van der Waals surface area contributed by atoms with Gasteiger partial charge in [-0.15, -0.1) is 0 Å². The summed E-state index contributed by atoms with van der Waals surface area (Å²) in [5, 5.41) is 8.47. The van der Waals surface area contributed by atoms with Crippen LogP contribution in [0.15, 0.2) is 48.5 Å². The maximum atomic E-state index is 13.5. The van der Waals surface area contributed by atoms with Gasteiger partial charge in [-0.05, 0) is 62.8 Å². The summed E-state index contributed by atoms with van der Waals surface area (Å²) in [5.41, 5.74) is 1.79. The largest absolute Gasteiger partial charge is 0.350 e. The smallest absolute Gasteiger partial charge is 0.319 e. The first-order valence-electron chi connectivity index (χ1n) is 9.30. The molecule has 3 amide bonds. The number of nitrogens with zero attached hydrogens (tertiary/aromatic N) is 1. The first-order chi connectivity index (χ1) is 13.4. The third kappa shape index (κ3) is 5.53. The lowest BCUT2D eigenvalue weighted by Gasteiger charge is -2.25. The van der Waals surface area contributed by atoms with Gasteiger partial charge in [0.05, 0.1) is 6.04 Å². The fourth-order valence-electron chi connectivity index (χ4n) is 2.92. The van der Waals surface area contributed by atoms with Crippen molar-refractivity contribution in [3.63, 3.8) is 0 Å². The van der Waals surface area contributed by atoms with Gasteiger partial charge in [0.2, 0.25) is 0 Å². The van der Waals surface area contributed by atoms with E-state index in [2.05, 4.69) is 16.0 Å². The highest BCUT2D eigenvalue weighted by atomic mass is 19.1. The Morgan fingerprint density at radius 3 is 2.57 bits per heavy atom. The van der Waals surface area contributed by atoms with E-state index in [1.54, 1.807) is 30.3 Å². The number of amides is 3. The van der Waals surface area contributed by atoms with E-state index in [0.717, 1.165) is 18.4 Å². The zero-order valence-corrected chi connectivity index (χ0v) is 16.0. The second-order valence-electron chi connectivity index (χ2n) is 7.20. The number of carbonyl (C=O) groups excluding carboxylic acids is 2. The topological polar surface area (TPSA) is 73.5 Å². The van der Waals surface area contributed by atoms with Gasteiger partial charge in [0.25, 0.3) is 5.91 Å². The molecule has 2 aromatic rings. The monoisotopic (exact) mass is 384 g/mol. The van der Waals surface area contributed by atoms with Crippen molar-refractivity contribution in [2.75, 3.05) is 26.0 Å². The fraction of sp³-hybridized carbons (Fsp3) is 0.333. The molecule has 7 heteroatoms. The summed E-state index contributed by atoms with van der Waals surface area (Å²) in [6.07, 6.45) is 2.02. The Kier molecular flexibility index (Phi) is 6.26. The Labute approximate surface area is 164 Å². The third-order valence-corrected chi connectivity index (χ3v) is 4.61. The summed E-state index contributed by atoms with van der Waals surface area (Å²) < 4.78 is 13.5. The number of hydrogen-bond acceptors (Lipinski definition) is 3. The van der Waals surface area contributed by atoms with Crippen LogP contribution in [0.1, 0.15) is 34.8 Å². The van der Waals surface area contributed by atoms with E-state index in [-0.39, 0.29) is 29.8 Å². The quantitative estimate of drug-likeness (QED) is 0.687. The van der Waals surface area contributed by atoms with Gasteiger partial charge in [0, 0.05) is 23.8 Å². The average molecular weight is 384 g/mol. The van der Waals surface area contributed by atoms with Crippen LogP contribution in [0.25, 0.3) is 0 Å². The van der Waals surface area contributed by atoms with Gasteiger partial charge in [-0.2, -0.15) is 0 Å². The van der Waals surface area contributed by atoms with Crippen LogP contribution >= 0.6 is 0 Å². The van der Waals surface area contributed by atoms with E-state index < -0.39 is 0 Å². The van der Waals surface area contributed by atoms with Crippen molar-refractivity contribution in [2.24, 2.45) is 0 Å². The van der Waals surface area contributed by atoms with Crippen LogP contribution in [0.5, 0.6) is 0 Å². The van der Waals surface area contributed by atoms with Crippen LogP contribution < -0.4 is 16.0 Å². The molecule has 148 valence electrons. The number of benzene rings is 2. The molecular formula is C21H25FN4O2. The van der Waals surface area contributed by atoms with E-state index in [1.165, 1.54) is 12.1 Å². The molecule has 0 heterocycles. The Morgan fingerprint density at radius 1 is 1.14 bits per heavy atom. The van der Waals surface area contributed by atoms with Crippen LogP contribution in [0, 0.1) is 5.82 Å². The molecule has 0 aromatic heterocycles. The molecule has 0 bridgehead atoms. The highest BCUT2D eigenvalue weighted by molar-refractivity contribution is 5.97. The maximum absolute atomic E-state index is 13.5. The molecule has 6 nitrogen and oxygen atoms in total. The van der Waals surface area contributed by atoms with E-state index >= 15 is 0 Å². The van der Waals surface area contributed by atoms with Gasteiger partial charge < -0.3 is 20.9 Å². The number of hydrogen-bond donors (Lipinski definition) is 3. The highest BCUT2D eigenvalue weighted by Crippen LogP contribution is 2.20. The van der Waals surface area contributed by atoms with Crippen molar-refractivity contribution >= 4 is 17.6 Å². The molecule has 2 aromatic carbocycles. The molecule has 3 rings (SSSR count). The molecule has 0 saturated heterocycles. The molecule has 1 aliphatic rings. The Balaban J connectivity index is 1.61. The normalized spacial score (nSPS) is 14.4. The molecule has 0 aliphatic heterocycles. The minimum Gasteiger partial charge on any atom is -0.350 e. The summed E-state index contributed by atoms with van der Waals surface area (Å²) >= 11 is 0. The minimum atomic E-state index is -0.307. The number of carbonyl (C=O) groups is 2. The molecule has 1 atom stereocenters. The standard InChI is InChI=1S/C21H25FN4O2/c1-26(2)19(14-5-3-7-16(22)11-14)13-23-20(27)15-6-4-8-18(12-15)25-21(28)24-17-9-10-17/h3-8,11-12,17,19H,9-10,13H2,1-2H3,(H,23,27)(H2,24,25,28). The molecule has 3 N–H and O–H groups in total. The number of halogens is 1.